The molecule has 0 aromatic heterocycles. The topological polar surface area (TPSA) is 93.4 Å². The molecule has 6 nitrogen and oxygen atoms in total. The van der Waals surface area contributed by atoms with Crippen molar-refractivity contribution in [2.24, 2.45) is 0 Å². The molecule has 1 fully saturated rings. The number of aliphatic hydroxyl groups excluding tert-OH is 1. The fourth-order valence-electron chi connectivity index (χ4n) is 2.09. The second-order valence-corrected chi connectivity index (χ2v) is 5.69. The van der Waals surface area contributed by atoms with Gasteiger partial charge in [-0.2, -0.15) is 5.26 Å². The van der Waals surface area contributed by atoms with Crippen LogP contribution in [0, 0.1) is 11.3 Å². The molecule has 1 aromatic rings. The monoisotopic (exact) mass is 317 g/mol. The Kier molecular flexibility index (Phi) is 5.20. The van der Waals surface area contributed by atoms with E-state index in [1.165, 1.54) is 11.9 Å². The van der Waals surface area contributed by atoms with E-state index in [0.717, 1.165) is 11.8 Å². The number of carbonyl (C=O) groups excluding carboxylic acids is 2. The van der Waals surface area contributed by atoms with E-state index in [4.69, 9.17) is 5.11 Å². The van der Waals surface area contributed by atoms with E-state index in [1.807, 2.05) is 12.1 Å². The average Bonchev–Trinajstić information content (AvgIpc) is 2.86. The number of likely N-dealkylation sites (N-methyl/N-ethyl adjacent to an activating group) is 1. The highest BCUT2D eigenvalue weighted by atomic mass is 32.2. The van der Waals surface area contributed by atoms with E-state index in [9.17, 15) is 14.9 Å². The Hall–Kier alpha value is -2.30. The average molecular weight is 317 g/mol. The molecule has 0 spiro atoms. The summed E-state index contributed by atoms with van der Waals surface area (Å²) in [5, 5.41) is 20.6. The summed E-state index contributed by atoms with van der Waals surface area (Å²) in [6, 6.07) is 10.7. The van der Waals surface area contributed by atoms with Gasteiger partial charge in [-0.05, 0) is 18.6 Å². The minimum absolute atomic E-state index is 0.106. The molecule has 7 heteroatoms. The van der Waals surface area contributed by atoms with Crippen molar-refractivity contribution < 1.29 is 14.7 Å². The Morgan fingerprint density at radius 2 is 2.14 bits per heavy atom. The van der Waals surface area contributed by atoms with Gasteiger partial charge < -0.3 is 10.4 Å². The number of rotatable bonds is 4. The van der Waals surface area contributed by atoms with Crippen molar-refractivity contribution >= 4 is 29.3 Å². The predicted octanol–water partition coefficient (Wildman–Crippen LogP) is 0.999. The Balaban J connectivity index is 2.54. The van der Waals surface area contributed by atoms with Crippen molar-refractivity contribution in [3.63, 3.8) is 0 Å². The molecule has 1 aromatic carbocycles. The highest BCUT2D eigenvalue weighted by molar-refractivity contribution is 8.05. The summed E-state index contributed by atoms with van der Waals surface area (Å²) in [7, 11) is 1.43. The molecule has 0 radical (unpaired) electrons. The number of nitrogens with zero attached hydrogens (tertiary/aromatic N) is 2. The maximum Gasteiger partial charge on any atom is 0.264 e. The number of para-hydroxylation sites is 1. The number of anilines is 1. The lowest BCUT2D eigenvalue weighted by molar-refractivity contribution is -0.117. The van der Waals surface area contributed by atoms with Crippen molar-refractivity contribution in [1.82, 2.24) is 5.32 Å². The summed E-state index contributed by atoms with van der Waals surface area (Å²) in [5.74, 6) is -0.778. The summed E-state index contributed by atoms with van der Waals surface area (Å²) in [4.78, 5) is 25.8. The Morgan fingerprint density at radius 3 is 2.68 bits per heavy atom. The molecule has 2 N–H and O–H groups in total. The van der Waals surface area contributed by atoms with Crippen LogP contribution >= 0.6 is 11.8 Å². The highest BCUT2D eigenvalue weighted by Crippen LogP contribution is 2.41. The lowest BCUT2D eigenvalue weighted by atomic mass is 10.2. The van der Waals surface area contributed by atoms with Crippen LogP contribution in [0.3, 0.4) is 0 Å². The van der Waals surface area contributed by atoms with Gasteiger partial charge in [0.1, 0.15) is 16.7 Å². The minimum atomic E-state index is -0.539. The smallest absolute Gasteiger partial charge is 0.264 e. The third-order valence-electron chi connectivity index (χ3n) is 3.14. The van der Waals surface area contributed by atoms with Gasteiger partial charge >= 0.3 is 0 Å². The molecular weight excluding hydrogens is 302 g/mol. The molecule has 1 aliphatic rings. The number of hydrogen-bond acceptors (Lipinski definition) is 5. The molecule has 0 saturated carbocycles. The van der Waals surface area contributed by atoms with Crippen LogP contribution < -0.4 is 10.2 Å². The van der Waals surface area contributed by atoms with Gasteiger partial charge in [-0.15, -0.1) is 0 Å². The van der Waals surface area contributed by atoms with E-state index >= 15 is 0 Å². The van der Waals surface area contributed by atoms with E-state index in [2.05, 4.69) is 5.32 Å². The minimum Gasteiger partial charge on any atom is -0.396 e. The van der Waals surface area contributed by atoms with Crippen LogP contribution in [0.5, 0.6) is 0 Å². The SMILES string of the molecule is CNC(=O)/C(C#N)=C1\S[C@@H](CCO)C(=O)N1c1ccccc1. The third-order valence-corrected chi connectivity index (χ3v) is 4.47. The zero-order valence-electron chi connectivity index (χ0n) is 11.9. The fraction of sp³-hybridized carbons (Fsp3) is 0.267. The Morgan fingerprint density at radius 1 is 1.45 bits per heavy atom. The number of carbonyl (C=O) groups is 2. The highest BCUT2D eigenvalue weighted by Gasteiger charge is 2.40. The third kappa shape index (κ3) is 2.98. The molecule has 2 rings (SSSR count). The molecule has 0 unspecified atom stereocenters. The zero-order chi connectivity index (χ0) is 16.1. The Bertz CT molecular complexity index is 652. The second-order valence-electron chi connectivity index (χ2n) is 4.50. The molecule has 0 bridgehead atoms. The van der Waals surface area contributed by atoms with Gasteiger partial charge in [0.25, 0.3) is 5.91 Å². The van der Waals surface area contributed by atoms with E-state index in [1.54, 1.807) is 24.3 Å². The molecule has 2 amide bonds. The molecule has 114 valence electrons. The Labute approximate surface area is 132 Å². The molecular formula is C15H15N3O3S. The summed E-state index contributed by atoms with van der Waals surface area (Å²) in [6.07, 6.45) is 0.267. The quantitative estimate of drug-likeness (QED) is 0.638. The van der Waals surface area contributed by atoms with Crippen molar-refractivity contribution in [1.29, 1.82) is 5.26 Å². The molecule has 0 aliphatic carbocycles. The zero-order valence-corrected chi connectivity index (χ0v) is 12.8. The summed E-state index contributed by atoms with van der Waals surface area (Å²) < 4.78 is 0. The number of benzene rings is 1. The van der Waals surface area contributed by atoms with E-state index < -0.39 is 11.2 Å². The first-order valence-electron chi connectivity index (χ1n) is 6.67. The maximum atomic E-state index is 12.6. The number of amides is 2. The van der Waals surface area contributed by atoms with Crippen molar-refractivity contribution in [3.05, 3.63) is 40.9 Å². The number of nitriles is 1. The van der Waals surface area contributed by atoms with Crippen LogP contribution in [0.4, 0.5) is 5.69 Å². The van der Waals surface area contributed by atoms with Crippen LogP contribution in [-0.2, 0) is 9.59 Å². The van der Waals surface area contributed by atoms with Crippen molar-refractivity contribution in [2.45, 2.75) is 11.7 Å². The molecule has 22 heavy (non-hydrogen) atoms. The molecule has 1 saturated heterocycles. The van der Waals surface area contributed by atoms with Gasteiger partial charge in [0.2, 0.25) is 5.91 Å². The largest absolute Gasteiger partial charge is 0.396 e. The van der Waals surface area contributed by atoms with Crippen molar-refractivity contribution in [3.8, 4) is 6.07 Å². The maximum absolute atomic E-state index is 12.6. The number of thioether (sulfide) groups is 1. The van der Waals surface area contributed by atoms with Gasteiger partial charge in [-0.3, -0.25) is 14.5 Å². The number of aliphatic hydroxyl groups is 1. The lowest BCUT2D eigenvalue weighted by Crippen LogP contribution is -2.31. The summed E-state index contributed by atoms with van der Waals surface area (Å²) in [6.45, 7) is -0.138. The first-order chi connectivity index (χ1) is 10.6. The van der Waals surface area contributed by atoms with Crippen LogP contribution in [-0.4, -0.2) is 35.8 Å². The van der Waals surface area contributed by atoms with Gasteiger partial charge in [0.05, 0.1) is 5.25 Å². The lowest BCUT2D eigenvalue weighted by Gasteiger charge is -2.18. The number of nitrogens with one attached hydrogen (secondary N) is 1. The fourth-order valence-corrected chi connectivity index (χ4v) is 3.35. The van der Waals surface area contributed by atoms with Gasteiger partial charge in [0, 0.05) is 19.3 Å². The van der Waals surface area contributed by atoms with Gasteiger partial charge in [-0.25, -0.2) is 0 Å². The first-order valence-corrected chi connectivity index (χ1v) is 7.55. The van der Waals surface area contributed by atoms with E-state index in [-0.39, 0.29) is 24.5 Å². The molecule has 1 heterocycles. The predicted molar refractivity (Wildman–Crippen MR) is 83.7 cm³/mol. The summed E-state index contributed by atoms with van der Waals surface area (Å²) in [5.41, 5.74) is 0.484. The van der Waals surface area contributed by atoms with Gasteiger partial charge in [0.15, 0.2) is 0 Å². The standard InChI is InChI=1S/C15H15N3O3S/c1-17-13(20)11(9-16)15-18(10-5-3-2-4-6-10)14(21)12(22-15)7-8-19/h2-6,12,19H,7-8H2,1H3,(H,17,20)/b15-11-/t12-/m0/s1. The van der Waals surface area contributed by atoms with Crippen LogP contribution in [0.1, 0.15) is 6.42 Å². The second kappa shape index (κ2) is 7.11. The molecule has 1 atom stereocenters. The first kappa shape index (κ1) is 16.1. The normalized spacial score (nSPS) is 19.8. The number of hydrogen-bond donors (Lipinski definition) is 2. The van der Waals surface area contributed by atoms with Crippen LogP contribution in [0.25, 0.3) is 0 Å². The summed E-state index contributed by atoms with van der Waals surface area (Å²) >= 11 is 1.14. The van der Waals surface area contributed by atoms with Gasteiger partial charge in [-0.1, -0.05) is 30.0 Å². The van der Waals surface area contributed by atoms with Crippen LogP contribution in [0.2, 0.25) is 0 Å². The van der Waals surface area contributed by atoms with E-state index in [0.29, 0.717) is 10.7 Å². The van der Waals surface area contributed by atoms with Crippen molar-refractivity contribution in [2.75, 3.05) is 18.6 Å². The van der Waals surface area contributed by atoms with Crippen LogP contribution in [0.15, 0.2) is 40.9 Å². The molecule has 1 aliphatic heterocycles.